The lowest BCUT2D eigenvalue weighted by Gasteiger charge is -2.29. The van der Waals surface area contributed by atoms with E-state index in [1.807, 2.05) is 0 Å². The fourth-order valence-corrected chi connectivity index (χ4v) is 2.34. The first-order valence-electron chi connectivity index (χ1n) is 5.70. The summed E-state index contributed by atoms with van der Waals surface area (Å²) in [6.45, 7) is 2.29. The van der Waals surface area contributed by atoms with E-state index in [4.69, 9.17) is 0 Å². The minimum absolute atomic E-state index is 0.376. The third-order valence-electron chi connectivity index (χ3n) is 3.43. The van der Waals surface area contributed by atoms with Crippen LogP contribution in [0.3, 0.4) is 0 Å². The second-order valence-corrected chi connectivity index (χ2v) is 4.64. The number of hydrogen-bond acceptors (Lipinski definition) is 3. The summed E-state index contributed by atoms with van der Waals surface area (Å²) in [7, 11) is 0. The fraction of sp³-hybridized carbons (Fsp3) is 0.667. The van der Waals surface area contributed by atoms with Crippen molar-refractivity contribution in [1.82, 2.24) is 9.97 Å². The molecule has 3 heteroatoms. The standard InChI is InChI=1S/C12H18N2O/c1-9-2-4-10(5-3-9)12(15)11-6-13-8-14-7-11/h6-10,12,15H,2-5H2,1H3. The lowest BCUT2D eigenvalue weighted by Crippen LogP contribution is -2.19. The summed E-state index contributed by atoms with van der Waals surface area (Å²) in [5.74, 6) is 1.22. The van der Waals surface area contributed by atoms with Gasteiger partial charge in [-0.3, -0.25) is 0 Å². The van der Waals surface area contributed by atoms with Gasteiger partial charge < -0.3 is 5.11 Å². The van der Waals surface area contributed by atoms with E-state index in [1.165, 1.54) is 19.2 Å². The molecule has 1 saturated carbocycles. The molecule has 1 aromatic heterocycles. The molecule has 1 atom stereocenters. The van der Waals surface area contributed by atoms with Crippen LogP contribution >= 0.6 is 0 Å². The van der Waals surface area contributed by atoms with E-state index in [0.29, 0.717) is 5.92 Å². The number of aromatic nitrogens is 2. The van der Waals surface area contributed by atoms with Crippen LogP contribution in [0.2, 0.25) is 0 Å². The summed E-state index contributed by atoms with van der Waals surface area (Å²) in [6.07, 6.45) is 9.27. The molecule has 15 heavy (non-hydrogen) atoms. The molecular weight excluding hydrogens is 188 g/mol. The molecule has 2 rings (SSSR count). The Kier molecular flexibility index (Phi) is 3.31. The minimum Gasteiger partial charge on any atom is -0.388 e. The summed E-state index contributed by atoms with van der Waals surface area (Å²) < 4.78 is 0. The van der Waals surface area contributed by atoms with Crippen LogP contribution < -0.4 is 0 Å². The highest BCUT2D eigenvalue weighted by Crippen LogP contribution is 2.36. The van der Waals surface area contributed by atoms with E-state index in [9.17, 15) is 5.11 Å². The maximum absolute atomic E-state index is 10.2. The molecule has 1 aromatic rings. The largest absolute Gasteiger partial charge is 0.388 e. The van der Waals surface area contributed by atoms with Gasteiger partial charge in [-0.1, -0.05) is 19.8 Å². The second-order valence-electron chi connectivity index (χ2n) is 4.64. The topological polar surface area (TPSA) is 46.0 Å². The molecule has 0 bridgehead atoms. The molecule has 1 aliphatic carbocycles. The van der Waals surface area contributed by atoms with Gasteiger partial charge in [0, 0.05) is 18.0 Å². The molecule has 1 heterocycles. The third kappa shape index (κ3) is 2.53. The maximum Gasteiger partial charge on any atom is 0.115 e. The van der Waals surface area contributed by atoms with Crippen molar-refractivity contribution in [1.29, 1.82) is 0 Å². The Labute approximate surface area is 90.6 Å². The van der Waals surface area contributed by atoms with Crippen LogP contribution in [0.5, 0.6) is 0 Å². The quantitative estimate of drug-likeness (QED) is 0.807. The van der Waals surface area contributed by atoms with E-state index in [-0.39, 0.29) is 6.10 Å². The lowest BCUT2D eigenvalue weighted by atomic mass is 9.79. The number of rotatable bonds is 2. The van der Waals surface area contributed by atoms with Crippen molar-refractivity contribution in [3.63, 3.8) is 0 Å². The average Bonchev–Trinajstić information content (AvgIpc) is 2.30. The van der Waals surface area contributed by atoms with Crippen molar-refractivity contribution in [2.24, 2.45) is 11.8 Å². The van der Waals surface area contributed by atoms with Crippen LogP contribution in [0.25, 0.3) is 0 Å². The van der Waals surface area contributed by atoms with Crippen molar-refractivity contribution < 1.29 is 5.11 Å². The highest BCUT2D eigenvalue weighted by Gasteiger charge is 2.25. The third-order valence-corrected chi connectivity index (χ3v) is 3.43. The zero-order valence-corrected chi connectivity index (χ0v) is 9.13. The van der Waals surface area contributed by atoms with Crippen LogP contribution in [0, 0.1) is 11.8 Å². The minimum atomic E-state index is -0.376. The molecule has 0 aliphatic heterocycles. The molecule has 1 aliphatic rings. The number of aliphatic hydroxyl groups is 1. The van der Waals surface area contributed by atoms with Gasteiger partial charge in [0.05, 0.1) is 6.10 Å². The first-order chi connectivity index (χ1) is 7.27. The summed E-state index contributed by atoms with van der Waals surface area (Å²) in [4.78, 5) is 7.89. The predicted molar refractivity (Wildman–Crippen MR) is 58.1 cm³/mol. The molecule has 1 fully saturated rings. The fourth-order valence-electron chi connectivity index (χ4n) is 2.34. The van der Waals surface area contributed by atoms with Gasteiger partial charge in [0.15, 0.2) is 0 Å². The monoisotopic (exact) mass is 206 g/mol. The second kappa shape index (κ2) is 4.71. The van der Waals surface area contributed by atoms with Crippen LogP contribution in [0.4, 0.5) is 0 Å². The van der Waals surface area contributed by atoms with Crippen molar-refractivity contribution in [2.45, 2.75) is 38.7 Å². The average molecular weight is 206 g/mol. The van der Waals surface area contributed by atoms with Gasteiger partial charge >= 0.3 is 0 Å². The van der Waals surface area contributed by atoms with E-state index >= 15 is 0 Å². The van der Waals surface area contributed by atoms with Crippen molar-refractivity contribution in [3.05, 3.63) is 24.3 Å². The van der Waals surface area contributed by atoms with E-state index < -0.39 is 0 Å². The van der Waals surface area contributed by atoms with Gasteiger partial charge in [-0.15, -0.1) is 0 Å². The molecule has 0 aromatic carbocycles. The van der Waals surface area contributed by atoms with Crippen molar-refractivity contribution in [2.75, 3.05) is 0 Å². The van der Waals surface area contributed by atoms with Gasteiger partial charge in [0.1, 0.15) is 6.33 Å². The zero-order chi connectivity index (χ0) is 10.7. The van der Waals surface area contributed by atoms with Crippen molar-refractivity contribution >= 4 is 0 Å². The van der Waals surface area contributed by atoms with Crippen LogP contribution in [-0.4, -0.2) is 15.1 Å². The molecular formula is C12H18N2O. The van der Waals surface area contributed by atoms with Gasteiger partial charge in [0.2, 0.25) is 0 Å². The summed E-state index contributed by atoms with van der Waals surface area (Å²) in [6, 6.07) is 0. The molecule has 0 saturated heterocycles. The first-order valence-corrected chi connectivity index (χ1v) is 5.70. The first kappa shape index (κ1) is 10.6. The normalized spacial score (nSPS) is 28.7. The SMILES string of the molecule is CC1CCC(C(O)c2cncnc2)CC1. The number of hydrogen-bond donors (Lipinski definition) is 1. The van der Waals surface area contributed by atoms with E-state index in [1.54, 1.807) is 12.4 Å². The predicted octanol–water partition coefficient (Wildman–Crippen LogP) is 2.34. The Bertz CT molecular complexity index is 294. The Hall–Kier alpha value is -0.960. The number of aliphatic hydroxyl groups excluding tert-OH is 1. The smallest absolute Gasteiger partial charge is 0.115 e. The van der Waals surface area contributed by atoms with Gasteiger partial charge in [-0.25, -0.2) is 9.97 Å². The molecule has 1 N–H and O–H groups in total. The summed E-state index contributed by atoms with van der Waals surface area (Å²) in [5, 5.41) is 10.2. The maximum atomic E-state index is 10.2. The van der Waals surface area contributed by atoms with Crippen LogP contribution in [0.1, 0.15) is 44.3 Å². The molecule has 0 spiro atoms. The zero-order valence-electron chi connectivity index (χ0n) is 9.13. The van der Waals surface area contributed by atoms with E-state index in [2.05, 4.69) is 16.9 Å². The Morgan fingerprint density at radius 3 is 2.40 bits per heavy atom. The molecule has 0 amide bonds. The molecule has 1 unspecified atom stereocenters. The van der Waals surface area contributed by atoms with E-state index in [0.717, 1.165) is 24.3 Å². The van der Waals surface area contributed by atoms with Crippen LogP contribution in [0.15, 0.2) is 18.7 Å². The van der Waals surface area contributed by atoms with Crippen LogP contribution in [-0.2, 0) is 0 Å². The van der Waals surface area contributed by atoms with Gasteiger partial charge in [-0.05, 0) is 24.7 Å². The number of nitrogens with zero attached hydrogens (tertiary/aromatic N) is 2. The Morgan fingerprint density at radius 1 is 1.20 bits per heavy atom. The molecule has 3 nitrogen and oxygen atoms in total. The highest BCUT2D eigenvalue weighted by molar-refractivity contribution is 5.08. The summed E-state index contributed by atoms with van der Waals surface area (Å²) in [5.41, 5.74) is 0.858. The Morgan fingerprint density at radius 2 is 1.80 bits per heavy atom. The summed E-state index contributed by atoms with van der Waals surface area (Å²) >= 11 is 0. The Balaban J connectivity index is 1.99. The lowest BCUT2D eigenvalue weighted by molar-refractivity contribution is 0.0750. The van der Waals surface area contributed by atoms with Crippen molar-refractivity contribution in [3.8, 4) is 0 Å². The highest BCUT2D eigenvalue weighted by atomic mass is 16.3. The van der Waals surface area contributed by atoms with Gasteiger partial charge in [-0.2, -0.15) is 0 Å². The molecule has 0 radical (unpaired) electrons. The molecule has 82 valence electrons. The van der Waals surface area contributed by atoms with Gasteiger partial charge in [0.25, 0.3) is 0 Å².